The van der Waals surface area contributed by atoms with E-state index >= 15 is 0 Å². The number of aliphatic hydroxyl groups is 1. The normalized spacial score (nSPS) is 15.9. The van der Waals surface area contributed by atoms with E-state index in [4.69, 9.17) is 37.4 Å². The van der Waals surface area contributed by atoms with Crippen LogP contribution in [-0.2, 0) is 25.7 Å². The van der Waals surface area contributed by atoms with Gasteiger partial charge in [-0.15, -0.1) is 11.3 Å². The number of hydrogen-bond acceptors (Lipinski definition) is 14. The summed E-state index contributed by atoms with van der Waals surface area (Å²) in [6.07, 6.45) is 15.5. The van der Waals surface area contributed by atoms with Crippen LogP contribution in [0.25, 0.3) is 21.3 Å². The van der Waals surface area contributed by atoms with E-state index in [2.05, 4.69) is 36.9 Å². The number of methoxy groups -OCH3 is 2. The first-order valence-electron chi connectivity index (χ1n) is 29.4. The summed E-state index contributed by atoms with van der Waals surface area (Å²) in [6.45, 7) is 12.5. The van der Waals surface area contributed by atoms with Gasteiger partial charge in [-0.3, -0.25) is 29.1 Å². The second kappa shape index (κ2) is 31.6. The molecule has 0 saturated carbocycles. The second-order valence-corrected chi connectivity index (χ2v) is 24.6. The Labute approximate surface area is 503 Å². The maximum absolute atomic E-state index is 14.0. The number of unbranched alkanes of at least 4 members (excludes halogenated alkanes) is 11. The van der Waals surface area contributed by atoms with Crippen molar-refractivity contribution in [3.8, 4) is 33.8 Å². The van der Waals surface area contributed by atoms with Crippen LogP contribution >= 0.6 is 34.5 Å². The standard InChI is InChI=1S/C63H83Cl2N9O8S/c1-42-59(83-41-69-42)44-24-22-43(23-25-44)38-68-61(78)52-32-46(75)40-74(52)62(79)60(63(2,3)4)71-56(76)20-17-15-13-11-9-7-8-10-12-14-16-18-21-57(77)73-29-27-72(28-30-73)26-19-31-82-55-35-50-47(33-54(55)81-6)58(45(37-66)39-67-50)70-51-36-53(80-5)49(65)34-48(51)64/h22-25,33-36,39,41,46,52,60,75H,7-21,26-32,38,40H2,1-6H3,(H,67,70)(H,68,78)(H,71,76)/t46-,52+,60?/m1/s1. The lowest BCUT2D eigenvalue weighted by Crippen LogP contribution is -2.57. The van der Waals surface area contributed by atoms with E-state index in [0.29, 0.717) is 74.6 Å². The molecule has 83 heavy (non-hydrogen) atoms. The molecule has 4 amide bonds. The molecule has 17 nitrogen and oxygen atoms in total. The number of piperazine rings is 1. The zero-order chi connectivity index (χ0) is 59.5. The van der Waals surface area contributed by atoms with Gasteiger partial charge >= 0.3 is 0 Å². The third-order valence-corrected chi connectivity index (χ3v) is 17.2. The largest absolute Gasteiger partial charge is 0.495 e. The van der Waals surface area contributed by atoms with Crippen LogP contribution in [-0.4, -0.2) is 132 Å². The summed E-state index contributed by atoms with van der Waals surface area (Å²) >= 11 is 14.4. The van der Waals surface area contributed by atoms with Crippen LogP contribution in [0, 0.1) is 23.7 Å². The number of benzene rings is 3. The first kappa shape index (κ1) is 64.3. The van der Waals surface area contributed by atoms with Crippen molar-refractivity contribution in [2.24, 2.45) is 5.41 Å². The molecule has 3 aromatic carbocycles. The number of carbonyl (C=O) groups is 4. The number of carbonyl (C=O) groups excluding carboxylic acids is 4. The first-order chi connectivity index (χ1) is 40.0. The van der Waals surface area contributed by atoms with Gasteiger partial charge in [-0.2, -0.15) is 5.26 Å². The van der Waals surface area contributed by atoms with E-state index in [9.17, 15) is 29.5 Å². The van der Waals surface area contributed by atoms with Crippen LogP contribution in [0.1, 0.15) is 140 Å². The quantitative estimate of drug-likeness (QED) is 0.0316. The molecule has 0 radical (unpaired) electrons. The molecule has 20 heteroatoms. The van der Waals surface area contributed by atoms with Crippen molar-refractivity contribution in [1.29, 1.82) is 5.26 Å². The molecule has 2 aromatic heterocycles. The van der Waals surface area contributed by atoms with Gasteiger partial charge in [0.2, 0.25) is 23.6 Å². The number of fused-ring (bicyclic) bond motifs is 1. The average molecular weight is 1200 g/mol. The summed E-state index contributed by atoms with van der Waals surface area (Å²) in [4.78, 5) is 69.6. The Kier molecular flexibility index (Phi) is 24.5. The number of ether oxygens (including phenoxy) is 3. The Morgan fingerprint density at radius 3 is 2.08 bits per heavy atom. The summed E-state index contributed by atoms with van der Waals surface area (Å²) in [7, 11) is 3.09. The molecule has 2 fully saturated rings. The molecule has 4 N–H and O–H groups in total. The Morgan fingerprint density at radius 1 is 0.819 bits per heavy atom. The SMILES string of the molecule is COc1cc(Nc2c(C#N)cnc3cc(OCCCN4CCN(C(=O)CCCCCCCCCCCCCCC(=O)NC(C(=O)N5C[C@H](O)C[C@H]5C(=O)NCc5ccc(-c6scnc6C)cc5)C(C)(C)C)CC4)c(OC)cc23)c(Cl)cc1Cl. The van der Waals surface area contributed by atoms with Gasteiger partial charge in [0.25, 0.3) is 0 Å². The number of anilines is 2. The lowest BCUT2D eigenvalue weighted by Gasteiger charge is -2.35. The Hall–Kier alpha value is -6.23. The minimum Gasteiger partial charge on any atom is -0.495 e. The number of aliphatic hydroxyl groups excluding tert-OH is 1. The minimum absolute atomic E-state index is 0.0384. The molecule has 0 aliphatic carbocycles. The van der Waals surface area contributed by atoms with Crippen molar-refractivity contribution in [3.05, 3.63) is 87.1 Å². The smallest absolute Gasteiger partial charge is 0.246 e. The average Bonchev–Trinajstić information content (AvgIpc) is 4.26. The number of aromatic nitrogens is 2. The van der Waals surface area contributed by atoms with Gasteiger partial charge in [0.05, 0.1) is 75.5 Å². The molecule has 2 aliphatic heterocycles. The summed E-state index contributed by atoms with van der Waals surface area (Å²) < 4.78 is 17.3. The van der Waals surface area contributed by atoms with E-state index in [1.54, 1.807) is 36.6 Å². The van der Waals surface area contributed by atoms with Crippen molar-refractivity contribution < 1.29 is 38.5 Å². The van der Waals surface area contributed by atoms with Crippen LogP contribution in [0.15, 0.2) is 60.2 Å². The van der Waals surface area contributed by atoms with E-state index in [-0.39, 0.29) is 43.1 Å². The first-order valence-corrected chi connectivity index (χ1v) is 31.0. The molecule has 5 aromatic rings. The number of amides is 4. The minimum atomic E-state index is -0.840. The predicted molar refractivity (Wildman–Crippen MR) is 329 cm³/mol. The Balaban J connectivity index is 0.696. The highest BCUT2D eigenvalue weighted by molar-refractivity contribution is 7.13. The maximum atomic E-state index is 14.0. The molecular weight excluding hydrogens is 1110 g/mol. The van der Waals surface area contributed by atoms with Crippen molar-refractivity contribution >= 4 is 80.4 Å². The van der Waals surface area contributed by atoms with Gasteiger partial charge in [-0.1, -0.05) is 132 Å². The maximum Gasteiger partial charge on any atom is 0.246 e. The number of halogens is 2. The van der Waals surface area contributed by atoms with Crippen molar-refractivity contribution in [3.63, 3.8) is 0 Å². The fourth-order valence-electron chi connectivity index (χ4n) is 10.8. The number of nitriles is 1. The van der Waals surface area contributed by atoms with Crippen LogP contribution in [0.3, 0.4) is 0 Å². The molecule has 7 rings (SSSR count). The summed E-state index contributed by atoms with van der Waals surface area (Å²) in [5.74, 6) is 0.884. The highest BCUT2D eigenvalue weighted by atomic mass is 35.5. The van der Waals surface area contributed by atoms with Crippen molar-refractivity contribution in [2.45, 2.75) is 155 Å². The van der Waals surface area contributed by atoms with Gasteiger partial charge in [0.1, 0.15) is 23.9 Å². The zero-order valence-corrected chi connectivity index (χ0v) is 51.5. The number of likely N-dealkylation sites (tertiary alicyclic amines) is 1. The lowest BCUT2D eigenvalue weighted by atomic mass is 9.85. The number of β-amino-alcohol motifs (C(OH)–C–C–N with tert-alkyl or cyclic N) is 1. The predicted octanol–water partition coefficient (Wildman–Crippen LogP) is 11.8. The topological polar surface area (TPSA) is 212 Å². The Bertz CT molecular complexity index is 3010. The van der Waals surface area contributed by atoms with E-state index in [1.807, 2.05) is 68.4 Å². The van der Waals surface area contributed by atoms with Crippen LogP contribution in [0.4, 0.5) is 11.4 Å². The molecular formula is C63H83Cl2N9O8S. The number of nitrogens with one attached hydrogen (secondary N) is 3. The molecule has 1 unspecified atom stereocenters. The van der Waals surface area contributed by atoms with E-state index < -0.39 is 23.6 Å². The molecule has 2 saturated heterocycles. The van der Waals surface area contributed by atoms with Gasteiger partial charge in [0, 0.05) is 88.8 Å². The van der Waals surface area contributed by atoms with E-state index in [1.165, 1.54) is 50.3 Å². The molecule has 448 valence electrons. The molecule has 2 aliphatic rings. The molecule has 4 heterocycles. The van der Waals surface area contributed by atoms with Gasteiger partial charge in [0.15, 0.2) is 11.5 Å². The number of aryl methyl sites for hydroxylation is 1. The zero-order valence-electron chi connectivity index (χ0n) is 49.1. The van der Waals surface area contributed by atoms with E-state index in [0.717, 1.165) is 106 Å². The number of rotatable bonds is 30. The van der Waals surface area contributed by atoms with Crippen LogP contribution in [0.2, 0.25) is 10.0 Å². The summed E-state index contributed by atoms with van der Waals surface area (Å²) in [6, 6.07) is 15.4. The lowest BCUT2D eigenvalue weighted by molar-refractivity contribution is -0.144. The number of thiazole rings is 1. The Morgan fingerprint density at radius 2 is 1.47 bits per heavy atom. The van der Waals surface area contributed by atoms with Crippen molar-refractivity contribution in [2.75, 3.05) is 65.4 Å². The third-order valence-electron chi connectivity index (χ3n) is 15.6. The fourth-order valence-corrected chi connectivity index (χ4v) is 12.1. The van der Waals surface area contributed by atoms with Gasteiger partial charge in [-0.25, -0.2) is 4.98 Å². The van der Waals surface area contributed by atoms with Gasteiger partial charge in [-0.05, 0) is 54.9 Å². The molecule has 0 bridgehead atoms. The third kappa shape index (κ3) is 18.4. The monoisotopic (exact) mass is 1200 g/mol. The summed E-state index contributed by atoms with van der Waals surface area (Å²) in [5, 5.41) is 31.2. The highest BCUT2D eigenvalue weighted by Gasteiger charge is 2.44. The summed E-state index contributed by atoms with van der Waals surface area (Å²) in [5.41, 5.74) is 6.14. The number of pyridine rings is 1. The molecule has 0 spiro atoms. The second-order valence-electron chi connectivity index (χ2n) is 22.9. The fraction of sp³-hybridized carbons (Fsp3) is 0.540. The number of hydrogen-bond donors (Lipinski definition) is 4. The van der Waals surface area contributed by atoms with Crippen molar-refractivity contribution in [1.82, 2.24) is 35.3 Å². The van der Waals surface area contributed by atoms with Gasteiger partial charge < -0.3 is 45.1 Å². The van der Waals surface area contributed by atoms with Crippen LogP contribution < -0.4 is 30.2 Å². The number of nitrogens with zero attached hydrogens (tertiary/aromatic N) is 6. The van der Waals surface area contributed by atoms with Crippen LogP contribution in [0.5, 0.6) is 17.2 Å². The highest BCUT2D eigenvalue weighted by Crippen LogP contribution is 2.41. The molecule has 3 atom stereocenters.